The van der Waals surface area contributed by atoms with Crippen molar-refractivity contribution in [2.75, 3.05) is 0 Å². The van der Waals surface area contributed by atoms with Crippen LogP contribution in [0.3, 0.4) is 0 Å². The largest absolute Gasteiger partial charge is 0.0880 e. The van der Waals surface area contributed by atoms with Crippen molar-refractivity contribution in [3.63, 3.8) is 0 Å². The predicted octanol–water partition coefficient (Wildman–Crippen LogP) is 7.54. The van der Waals surface area contributed by atoms with Gasteiger partial charge in [0, 0.05) is 0 Å². The lowest BCUT2D eigenvalue weighted by Crippen LogP contribution is -2.18. The first-order valence-electron chi connectivity index (χ1n) is 8.94. The van der Waals surface area contributed by atoms with Gasteiger partial charge in [0.2, 0.25) is 0 Å². The summed E-state index contributed by atoms with van der Waals surface area (Å²) in [5, 5.41) is 0. The molecule has 0 rings (SSSR count). The van der Waals surface area contributed by atoms with Gasteiger partial charge in [-0.05, 0) is 30.1 Å². The Labute approximate surface area is 129 Å². The minimum absolute atomic E-state index is 0.346. The van der Waals surface area contributed by atoms with E-state index in [-0.39, 0.29) is 0 Å². The molecule has 0 aromatic heterocycles. The van der Waals surface area contributed by atoms with Crippen molar-refractivity contribution in [3.05, 3.63) is 12.2 Å². The van der Waals surface area contributed by atoms with E-state index in [1.54, 1.807) is 0 Å². The molecule has 0 heterocycles. The molecule has 0 unspecified atom stereocenters. The van der Waals surface area contributed by atoms with Gasteiger partial charge in [0.25, 0.3) is 0 Å². The first-order chi connectivity index (χ1) is 9.27. The summed E-state index contributed by atoms with van der Waals surface area (Å²) in [6.07, 6.45) is 18.7. The molecule has 0 N–H and O–H groups in total. The minimum Gasteiger partial charge on any atom is -0.0880 e. The normalized spacial score (nSPS) is 13.3. The number of unbranched alkanes of at least 4 members (excludes halogenated alkanes) is 8. The van der Waals surface area contributed by atoms with Crippen molar-refractivity contribution >= 4 is 0 Å². The molecule has 0 atom stereocenters. The third kappa shape index (κ3) is 14.2. The summed E-state index contributed by atoms with van der Waals surface area (Å²) in [6, 6.07) is 0. The van der Waals surface area contributed by atoms with Crippen LogP contribution >= 0.6 is 0 Å². The third-order valence-corrected chi connectivity index (χ3v) is 3.78. The van der Waals surface area contributed by atoms with Crippen molar-refractivity contribution in [1.29, 1.82) is 0 Å². The fourth-order valence-corrected chi connectivity index (χ4v) is 3.22. The van der Waals surface area contributed by atoms with Crippen LogP contribution in [-0.4, -0.2) is 0 Å². The average Bonchev–Trinajstić information content (AvgIpc) is 2.28. The van der Waals surface area contributed by atoms with E-state index in [2.05, 4.69) is 53.7 Å². The molecule has 0 aliphatic heterocycles. The Morgan fingerprint density at radius 2 is 1.20 bits per heavy atom. The fraction of sp³-hybridized carbons (Fsp3) is 0.900. The zero-order valence-electron chi connectivity index (χ0n) is 15.2. The Morgan fingerprint density at radius 3 is 1.70 bits per heavy atom. The predicted molar refractivity (Wildman–Crippen MR) is 94.2 cm³/mol. The Kier molecular flexibility index (Phi) is 10.3. The molecular weight excluding hydrogens is 240 g/mol. The van der Waals surface area contributed by atoms with Gasteiger partial charge in [0.15, 0.2) is 0 Å². The third-order valence-electron chi connectivity index (χ3n) is 3.78. The molecule has 0 aromatic rings. The summed E-state index contributed by atoms with van der Waals surface area (Å²) >= 11 is 0. The highest BCUT2D eigenvalue weighted by atomic mass is 14.3. The van der Waals surface area contributed by atoms with Crippen LogP contribution in [0, 0.1) is 10.8 Å². The maximum atomic E-state index is 2.44. The summed E-state index contributed by atoms with van der Waals surface area (Å²) in [5.74, 6) is 0. The van der Waals surface area contributed by atoms with E-state index in [1.165, 1.54) is 64.2 Å². The first kappa shape index (κ1) is 19.7. The number of allylic oxidation sites excluding steroid dienone is 2. The Bertz CT molecular complexity index is 239. The highest BCUT2D eigenvalue weighted by Crippen LogP contribution is 2.34. The van der Waals surface area contributed by atoms with Gasteiger partial charge in [0.1, 0.15) is 0 Å². The highest BCUT2D eigenvalue weighted by molar-refractivity contribution is 4.96. The van der Waals surface area contributed by atoms with E-state index < -0.39 is 0 Å². The molecule has 0 aromatic carbocycles. The van der Waals surface area contributed by atoms with Crippen molar-refractivity contribution < 1.29 is 0 Å². The molecule has 20 heavy (non-hydrogen) atoms. The average molecular weight is 281 g/mol. The maximum Gasteiger partial charge on any atom is -0.0170 e. The molecule has 0 bridgehead atoms. The Hall–Kier alpha value is -0.260. The summed E-state index contributed by atoms with van der Waals surface area (Å²) in [5.41, 5.74) is 0.769. The van der Waals surface area contributed by atoms with E-state index in [0.717, 1.165) is 0 Å². The quantitative estimate of drug-likeness (QED) is 0.271. The van der Waals surface area contributed by atoms with Gasteiger partial charge in [-0.3, -0.25) is 0 Å². The molecule has 120 valence electrons. The summed E-state index contributed by atoms with van der Waals surface area (Å²) in [6.45, 7) is 14.0. The zero-order chi connectivity index (χ0) is 15.5. The van der Waals surface area contributed by atoms with Crippen LogP contribution in [0.2, 0.25) is 0 Å². The molecule has 0 fully saturated rings. The van der Waals surface area contributed by atoms with Crippen LogP contribution < -0.4 is 0 Å². The zero-order valence-corrected chi connectivity index (χ0v) is 15.2. The van der Waals surface area contributed by atoms with Crippen LogP contribution in [0.15, 0.2) is 12.2 Å². The van der Waals surface area contributed by atoms with Crippen molar-refractivity contribution in [3.8, 4) is 0 Å². The van der Waals surface area contributed by atoms with Crippen LogP contribution in [0.25, 0.3) is 0 Å². The van der Waals surface area contributed by atoms with E-state index in [1.807, 2.05) is 0 Å². The summed E-state index contributed by atoms with van der Waals surface area (Å²) in [4.78, 5) is 0. The van der Waals surface area contributed by atoms with Crippen LogP contribution in [0.4, 0.5) is 0 Å². The Morgan fingerprint density at radius 1 is 0.700 bits per heavy atom. The smallest absolute Gasteiger partial charge is 0.0170 e. The van der Waals surface area contributed by atoms with Gasteiger partial charge in [-0.25, -0.2) is 0 Å². The molecule has 0 saturated carbocycles. The Balaban J connectivity index is 3.56. The second-order valence-corrected chi connectivity index (χ2v) is 8.39. The fourth-order valence-electron chi connectivity index (χ4n) is 3.22. The van der Waals surface area contributed by atoms with Gasteiger partial charge >= 0.3 is 0 Å². The van der Waals surface area contributed by atoms with E-state index >= 15 is 0 Å². The van der Waals surface area contributed by atoms with Crippen LogP contribution in [0.5, 0.6) is 0 Å². The highest BCUT2D eigenvalue weighted by Gasteiger charge is 2.22. The molecule has 0 aliphatic rings. The lowest BCUT2D eigenvalue weighted by Gasteiger charge is -2.29. The van der Waals surface area contributed by atoms with Gasteiger partial charge in [-0.2, -0.15) is 0 Å². The van der Waals surface area contributed by atoms with Gasteiger partial charge in [-0.1, -0.05) is 98.6 Å². The first-order valence-corrected chi connectivity index (χ1v) is 8.94. The molecule has 0 saturated heterocycles. The van der Waals surface area contributed by atoms with Crippen molar-refractivity contribution in [2.45, 2.75) is 106 Å². The van der Waals surface area contributed by atoms with Crippen LogP contribution in [-0.2, 0) is 0 Å². The molecule has 0 radical (unpaired) electrons. The standard InChI is InChI=1S/C20H40/c1-7-8-9-10-11-12-13-14-15-16-17-20(5,6)18-19(2,3)4/h16-17H,7-15,18H2,1-6H3. The monoisotopic (exact) mass is 280 g/mol. The van der Waals surface area contributed by atoms with E-state index in [0.29, 0.717) is 10.8 Å². The summed E-state index contributed by atoms with van der Waals surface area (Å²) < 4.78 is 0. The minimum atomic E-state index is 0.346. The van der Waals surface area contributed by atoms with E-state index in [4.69, 9.17) is 0 Å². The molecule has 0 amide bonds. The second kappa shape index (κ2) is 10.5. The topological polar surface area (TPSA) is 0 Å². The molecule has 0 spiro atoms. The van der Waals surface area contributed by atoms with Gasteiger partial charge in [0.05, 0.1) is 0 Å². The van der Waals surface area contributed by atoms with E-state index in [9.17, 15) is 0 Å². The molecule has 0 heteroatoms. The summed E-state index contributed by atoms with van der Waals surface area (Å²) in [7, 11) is 0. The second-order valence-electron chi connectivity index (χ2n) is 8.39. The maximum absolute atomic E-state index is 2.44. The number of hydrogen-bond donors (Lipinski definition) is 0. The lowest BCUT2D eigenvalue weighted by molar-refractivity contribution is 0.262. The number of rotatable bonds is 11. The lowest BCUT2D eigenvalue weighted by atomic mass is 9.76. The van der Waals surface area contributed by atoms with Gasteiger partial charge < -0.3 is 0 Å². The van der Waals surface area contributed by atoms with Gasteiger partial charge in [-0.15, -0.1) is 0 Å². The SMILES string of the molecule is CCCCCCCCCCC=CC(C)(C)CC(C)(C)C. The molecule has 0 aliphatic carbocycles. The van der Waals surface area contributed by atoms with Crippen molar-refractivity contribution in [2.24, 2.45) is 10.8 Å². The molecule has 0 nitrogen and oxygen atoms in total. The van der Waals surface area contributed by atoms with Crippen LogP contribution in [0.1, 0.15) is 106 Å². The van der Waals surface area contributed by atoms with Crippen molar-refractivity contribution in [1.82, 2.24) is 0 Å². The number of hydrogen-bond acceptors (Lipinski definition) is 0. The molecular formula is C20H40.